The summed E-state index contributed by atoms with van der Waals surface area (Å²) in [5, 5.41) is 3.15. The normalized spacial score (nSPS) is 11.9. The number of halogens is 2. The predicted octanol–water partition coefficient (Wildman–Crippen LogP) is 3.62. The fraction of sp³-hybridized carbons (Fsp3) is 0.364. The van der Waals surface area contributed by atoms with Gasteiger partial charge in [0.25, 0.3) is 0 Å². The molecule has 4 heteroatoms. The van der Waals surface area contributed by atoms with Crippen molar-refractivity contribution in [2.24, 2.45) is 0 Å². The van der Waals surface area contributed by atoms with Gasteiger partial charge in [-0.25, -0.2) is 0 Å². The Morgan fingerprint density at radius 1 is 1.53 bits per heavy atom. The highest BCUT2D eigenvalue weighted by Crippen LogP contribution is 2.21. The van der Waals surface area contributed by atoms with E-state index in [1.165, 1.54) is 5.57 Å². The first-order chi connectivity index (χ1) is 7.17. The van der Waals surface area contributed by atoms with Crippen molar-refractivity contribution in [3.05, 3.63) is 32.5 Å². The molecule has 0 radical (unpaired) electrons. The van der Waals surface area contributed by atoms with Crippen molar-refractivity contribution in [2.75, 3.05) is 13.6 Å². The summed E-state index contributed by atoms with van der Waals surface area (Å²) in [5.41, 5.74) is 2.32. The molecule has 0 aliphatic heterocycles. The third kappa shape index (κ3) is 4.05. The van der Waals surface area contributed by atoms with Crippen LogP contribution in [0.2, 0.25) is 0 Å². The van der Waals surface area contributed by atoms with Crippen LogP contribution in [0.1, 0.15) is 19.0 Å². The summed E-state index contributed by atoms with van der Waals surface area (Å²) in [5.74, 6) is 0. The summed E-state index contributed by atoms with van der Waals surface area (Å²) in [6, 6.07) is 2.01. The van der Waals surface area contributed by atoms with Crippen LogP contribution >= 0.6 is 31.9 Å². The van der Waals surface area contributed by atoms with Crippen molar-refractivity contribution in [2.45, 2.75) is 13.3 Å². The Kier molecular flexibility index (Phi) is 5.50. The van der Waals surface area contributed by atoms with Crippen LogP contribution in [-0.2, 0) is 0 Å². The van der Waals surface area contributed by atoms with Gasteiger partial charge in [0.1, 0.15) is 0 Å². The van der Waals surface area contributed by atoms with Crippen LogP contribution in [-0.4, -0.2) is 18.6 Å². The molecule has 15 heavy (non-hydrogen) atoms. The molecule has 0 aliphatic rings. The van der Waals surface area contributed by atoms with Gasteiger partial charge in [0, 0.05) is 21.7 Å². The quantitative estimate of drug-likeness (QED) is 0.910. The number of hydrogen-bond donors (Lipinski definition) is 1. The molecular formula is C11H14Br2N2. The van der Waals surface area contributed by atoms with Gasteiger partial charge in [-0.1, -0.05) is 12.5 Å². The minimum Gasteiger partial charge on any atom is -0.316 e. The lowest BCUT2D eigenvalue weighted by Crippen LogP contribution is -2.09. The number of hydrogen-bond acceptors (Lipinski definition) is 2. The fourth-order valence-corrected chi connectivity index (χ4v) is 2.33. The lowest BCUT2D eigenvalue weighted by atomic mass is 10.1. The number of likely N-dealkylation sites (N-methyl/N-ethyl adjacent to an activating group) is 1. The Balaban J connectivity index is 2.95. The van der Waals surface area contributed by atoms with E-state index in [4.69, 9.17) is 0 Å². The van der Waals surface area contributed by atoms with Crippen molar-refractivity contribution in [3.63, 3.8) is 0 Å². The Morgan fingerprint density at radius 3 is 2.80 bits per heavy atom. The maximum Gasteiger partial charge on any atom is 0.0772 e. The molecule has 0 aliphatic carbocycles. The SMILES string of the molecule is CCC(=Cc1ncc(Br)cc1Br)CNC. The number of aromatic nitrogens is 1. The standard InChI is InChI=1S/C11H14Br2N2/c1-3-8(6-14-2)4-11-10(13)5-9(12)7-15-11/h4-5,7,14H,3,6H2,1-2H3. The second-order valence-electron chi connectivity index (χ2n) is 3.21. The van der Waals surface area contributed by atoms with E-state index in [0.29, 0.717) is 0 Å². The van der Waals surface area contributed by atoms with E-state index in [-0.39, 0.29) is 0 Å². The summed E-state index contributed by atoms with van der Waals surface area (Å²) in [4.78, 5) is 4.35. The lowest BCUT2D eigenvalue weighted by molar-refractivity contribution is 0.850. The molecule has 1 rings (SSSR count). The van der Waals surface area contributed by atoms with Crippen molar-refractivity contribution in [1.29, 1.82) is 0 Å². The van der Waals surface area contributed by atoms with E-state index in [1.54, 1.807) is 0 Å². The van der Waals surface area contributed by atoms with Gasteiger partial charge in [0.05, 0.1) is 5.69 Å². The molecule has 0 saturated heterocycles. The van der Waals surface area contributed by atoms with Gasteiger partial charge >= 0.3 is 0 Å². The summed E-state index contributed by atoms with van der Waals surface area (Å²) in [6.45, 7) is 3.05. The molecule has 2 nitrogen and oxygen atoms in total. The third-order valence-electron chi connectivity index (χ3n) is 2.04. The van der Waals surface area contributed by atoms with Gasteiger partial charge in [-0.15, -0.1) is 0 Å². The molecule has 1 aromatic rings. The Bertz CT molecular complexity index is 362. The Labute approximate surface area is 107 Å². The summed E-state index contributed by atoms with van der Waals surface area (Å²) >= 11 is 6.88. The van der Waals surface area contributed by atoms with Gasteiger partial charge in [0.15, 0.2) is 0 Å². The summed E-state index contributed by atoms with van der Waals surface area (Å²) in [7, 11) is 1.95. The predicted molar refractivity (Wildman–Crippen MR) is 71.8 cm³/mol. The van der Waals surface area contributed by atoms with Gasteiger partial charge in [-0.3, -0.25) is 4.98 Å². The smallest absolute Gasteiger partial charge is 0.0772 e. The third-order valence-corrected chi connectivity index (χ3v) is 3.10. The fourth-order valence-electron chi connectivity index (χ4n) is 1.23. The van der Waals surface area contributed by atoms with Gasteiger partial charge in [-0.05, 0) is 57.5 Å². The van der Waals surface area contributed by atoms with Gasteiger partial charge < -0.3 is 5.32 Å². The number of nitrogens with one attached hydrogen (secondary N) is 1. The average Bonchev–Trinajstić information content (AvgIpc) is 2.21. The van der Waals surface area contributed by atoms with E-state index >= 15 is 0 Å². The number of rotatable bonds is 4. The molecule has 1 aromatic heterocycles. The lowest BCUT2D eigenvalue weighted by Gasteiger charge is -2.04. The van der Waals surface area contributed by atoms with E-state index < -0.39 is 0 Å². The maximum absolute atomic E-state index is 4.35. The van der Waals surface area contributed by atoms with Crippen LogP contribution in [0.5, 0.6) is 0 Å². The molecule has 0 unspecified atom stereocenters. The molecule has 82 valence electrons. The largest absolute Gasteiger partial charge is 0.316 e. The Morgan fingerprint density at radius 2 is 2.27 bits per heavy atom. The molecule has 0 bridgehead atoms. The van der Waals surface area contributed by atoms with Crippen LogP contribution in [0.15, 0.2) is 26.8 Å². The summed E-state index contributed by atoms with van der Waals surface area (Å²) in [6.07, 6.45) is 4.96. The van der Waals surface area contributed by atoms with Crippen LogP contribution < -0.4 is 5.32 Å². The minimum atomic E-state index is 0.903. The van der Waals surface area contributed by atoms with Crippen LogP contribution in [0, 0.1) is 0 Å². The molecule has 1 N–H and O–H groups in total. The topological polar surface area (TPSA) is 24.9 Å². The zero-order valence-corrected chi connectivity index (χ0v) is 12.0. The number of nitrogens with zero attached hydrogens (tertiary/aromatic N) is 1. The van der Waals surface area contributed by atoms with Crippen molar-refractivity contribution in [1.82, 2.24) is 10.3 Å². The highest BCUT2D eigenvalue weighted by Gasteiger charge is 2.01. The molecule has 1 heterocycles. The zero-order chi connectivity index (χ0) is 11.3. The first-order valence-corrected chi connectivity index (χ1v) is 6.41. The number of pyridine rings is 1. The Hall–Kier alpha value is -0.190. The van der Waals surface area contributed by atoms with E-state index in [1.807, 2.05) is 19.3 Å². The average molecular weight is 334 g/mol. The maximum atomic E-state index is 4.35. The first kappa shape index (κ1) is 12.9. The first-order valence-electron chi connectivity index (χ1n) is 4.82. The van der Waals surface area contributed by atoms with E-state index in [9.17, 15) is 0 Å². The highest BCUT2D eigenvalue weighted by atomic mass is 79.9. The van der Waals surface area contributed by atoms with E-state index in [0.717, 1.165) is 27.6 Å². The minimum absolute atomic E-state index is 0.903. The molecule has 0 saturated carbocycles. The summed E-state index contributed by atoms with van der Waals surface area (Å²) < 4.78 is 2.00. The van der Waals surface area contributed by atoms with Gasteiger partial charge in [-0.2, -0.15) is 0 Å². The second-order valence-corrected chi connectivity index (χ2v) is 4.98. The zero-order valence-electron chi connectivity index (χ0n) is 8.85. The molecule has 0 amide bonds. The van der Waals surface area contributed by atoms with Crippen molar-refractivity contribution < 1.29 is 0 Å². The highest BCUT2D eigenvalue weighted by molar-refractivity contribution is 9.11. The van der Waals surface area contributed by atoms with Crippen LogP contribution in [0.4, 0.5) is 0 Å². The second kappa shape index (κ2) is 6.40. The molecule has 0 fully saturated rings. The van der Waals surface area contributed by atoms with E-state index in [2.05, 4.69) is 55.2 Å². The van der Waals surface area contributed by atoms with Crippen molar-refractivity contribution in [3.8, 4) is 0 Å². The van der Waals surface area contributed by atoms with Crippen LogP contribution in [0.25, 0.3) is 6.08 Å². The monoisotopic (exact) mass is 332 g/mol. The molecule has 0 aromatic carbocycles. The van der Waals surface area contributed by atoms with Crippen molar-refractivity contribution >= 4 is 37.9 Å². The molecule has 0 spiro atoms. The van der Waals surface area contributed by atoms with Crippen LogP contribution in [0.3, 0.4) is 0 Å². The van der Waals surface area contributed by atoms with Gasteiger partial charge in [0.2, 0.25) is 0 Å². The molecule has 0 atom stereocenters. The molecular weight excluding hydrogens is 320 g/mol.